The summed E-state index contributed by atoms with van der Waals surface area (Å²) in [6.45, 7) is 2.04. The lowest BCUT2D eigenvalue weighted by Crippen LogP contribution is -2.21. The van der Waals surface area contributed by atoms with Gasteiger partial charge in [0.1, 0.15) is 0 Å². The van der Waals surface area contributed by atoms with Crippen LogP contribution >= 0.6 is 0 Å². The van der Waals surface area contributed by atoms with E-state index in [1.807, 2.05) is 23.1 Å². The largest absolute Gasteiger partial charge is 0.312 e. The molecule has 0 atom stereocenters. The topological polar surface area (TPSA) is 29.9 Å². The van der Waals surface area contributed by atoms with Gasteiger partial charge < -0.3 is 5.32 Å². The van der Waals surface area contributed by atoms with E-state index in [2.05, 4.69) is 10.4 Å². The van der Waals surface area contributed by atoms with E-state index < -0.39 is 0 Å². The molecule has 3 nitrogen and oxygen atoms in total. The summed E-state index contributed by atoms with van der Waals surface area (Å²) < 4.78 is 1.95. The van der Waals surface area contributed by atoms with Crippen molar-refractivity contribution in [2.45, 2.75) is 25.4 Å². The van der Waals surface area contributed by atoms with Crippen LogP contribution in [-0.2, 0) is 6.54 Å². The highest BCUT2D eigenvalue weighted by molar-refractivity contribution is 4.81. The first-order valence-corrected chi connectivity index (χ1v) is 4.16. The molecule has 0 aromatic carbocycles. The summed E-state index contributed by atoms with van der Waals surface area (Å²) in [7, 11) is 0. The molecule has 1 fully saturated rings. The molecule has 0 aliphatic heterocycles. The van der Waals surface area contributed by atoms with Crippen LogP contribution in [0.5, 0.6) is 0 Å². The van der Waals surface area contributed by atoms with E-state index in [1.54, 1.807) is 0 Å². The summed E-state index contributed by atoms with van der Waals surface area (Å²) in [5, 5.41) is 7.54. The second kappa shape index (κ2) is 3.05. The van der Waals surface area contributed by atoms with Crippen LogP contribution < -0.4 is 5.32 Å². The van der Waals surface area contributed by atoms with Crippen LogP contribution in [0.1, 0.15) is 12.8 Å². The predicted molar refractivity (Wildman–Crippen MR) is 43.3 cm³/mol. The summed E-state index contributed by atoms with van der Waals surface area (Å²) in [4.78, 5) is 0. The summed E-state index contributed by atoms with van der Waals surface area (Å²) >= 11 is 0. The molecule has 2 rings (SSSR count). The number of aromatic nitrogens is 2. The summed E-state index contributed by atoms with van der Waals surface area (Å²) in [5.74, 6) is 0. The highest BCUT2D eigenvalue weighted by Crippen LogP contribution is 2.17. The zero-order chi connectivity index (χ0) is 7.52. The van der Waals surface area contributed by atoms with Gasteiger partial charge in [-0.2, -0.15) is 5.10 Å². The summed E-state index contributed by atoms with van der Waals surface area (Å²) in [6.07, 6.45) is 6.53. The molecule has 0 unspecified atom stereocenters. The Morgan fingerprint density at radius 3 is 3.09 bits per heavy atom. The van der Waals surface area contributed by atoms with Gasteiger partial charge >= 0.3 is 0 Å². The fraction of sp³-hybridized carbons (Fsp3) is 0.625. The minimum Gasteiger partial charge on any atom is -0.312 e. The summed E-state index contributed by atoms with van der Waals surface area (Å²) in [5.41, 5.74) is 0. The second-order valence-electron chi connectivity index (χ2n) is 3.00. The van der Waals surface area contributed by atoms with Gasteiger partial charge in [0.2, 0.25) is 0 Å². The Labute approximate surface area is 66.4 Å². The van der Waals surface area contributed by atoms with E-state index in [0.717, 1.165) is 19.1 Å². The van der Waals surface area contributed by atoms with Gasteiger partial charge in [-0.25, -0.2) is 0 Å². The average Bonchev–Trinajstić information content (AvgIpc) is 2.66. The predicted octanol–water partition coefficient (Wildman–Crippen LogP) is 0.635. The van der Waals surface area contributed by atoms with E-state index in [-0.39, 0.29) is 0 Å². The van der Waals surface area contributed by atoms with Crippen LogP contribution in [0.15, 0.2) is 18.5 Å². The van der Waals surface area contributed by atoms with Gasteiger partial charge in [-0.15, -0.1) is 0 Å². The van der Waals surface area contributed by atoms with Crippen LogP contribution in [0.2, 0.25) is 0 Å². The van der Waals surface area contributed by atoms with Crippen molar-refractivity contribution in [3.63, 3.8) is 0 Å². The Bertz CT molecular complexity index is 201. The van der Waals surface area contributed by atoms with Crippen molar-refractivity contribution in [1.29, 1.82) is 0 Å². The minimum atomic E-state index is 0.811. The molecule has 1 heterocycles. The van der Waals surface area contributed by atoms with E-state index in [0.29, 0.717) is 0 Å². The van der Waals surface area contributed by atoms with Gasteiger partial charge in [0.15, 0.2) is 0 Å². The number of rotatable bonds is 4. The van der Waals surface area contributed by atoms with Crippen LogP contribution in [0.3, 0.4) is 0 Å². The van der Waals surface area contributed by atoms with Crippen molar-refractivity contribution in [2.24, 2.45) is 0 Å². The van der Waals surface area contributed by atoms with Crippen molar-refractivity contribution in [1.82, 2.24) is 15.1 Å². The zero-order valence-corrected chi connectivity index (χ0v) is 6.53. The van der Waals surface area contributed by atoms with Crippen molar-refractivity contribution in [3.8, 4) is 0 Å². The number of nitrogens with zero attached hydrogens (tertiary/aromatic N) is 2. The second-order valence-corrected chi connectivity index (χ2v) is 3.00. The minimum absolute atomic E-state index is 0.811. The molecule has 3 heteroatoms. The molecular weight excluding hydrogens is 138 g/mol. The molecule has 1 aliphatic carbocycles. The molecule has 11 heavy (non-hydrogen) atoms. The Balaban J connectivity index is 1.66. The Morgan fingerprint density at radius 1 is 1.55 bits per heavy atom. The molecule has 1 saturated carbocycles. The fourth-order valence-electron chi connectivity index (χ4n) is 1.10. The molecule has 1 aromatic rings. The Morgan fingerprint density at radius 2 is 2.45 bits per heavy atom. The fourth-order valence-corrected chi connectivity index (χ4v) is 1.10. The van der Waals surface area contributed by atoms with Crippen molar-refractivity contribution >= 4 is 0 Å². The highest BCUT2D eigenvalue weighted by atomic mass is 15.3. The van der Waals surface area contributed by atoms with E-state index >= 15 is 0 Å². The zero-order valence-electron chi connectivity index (χ0n) is 6.53. The molecule has 0 radical (unpaired) electrons. The number of hydrogen-bond donors (Lipinski definition) is 1. The third kappa shape index (κ3) is 2.05. The molecule has 0 bridgehead atoms. The van der Waals surface area contributed by atoms with Crippen molar-refractivity contribution in [2.75, 3.05) is 6.54 Å². The Hall–Kier alpha value is -0.830. The summed E-state index contributed by atoms with van der Waals surface area (Å²) in [6, 6.07) is 2.77. The quantitative estimate of drug-likeness (QED) is 0.684. The normalized spacial score (nSPS) is 17.1. The number of nitrogens with one attached hydrogen (secondary N) is 1. The van der Waals surface area contributed by atoms with E-state index in [9.17, 15) is 0 Å². The average molecular weight is 151 g/mol. The van der Waals surface area contributed by atoms with Crippen molar-refractivity contribution < 1.29 is 0 Å². The first kappa shape index (κ1) is 6.85. The van der Waals surface area contributed by atoms with Crippen LogP contribution in [0.25, 0.3) is 0 Å². The molecule has 1 aromatic heterocycles. The van der Waals surface area contributed by atoms with Gasteiger partial charge in [0, 0.05) is 25.0 Å². The van der Waals surface area contributed by atoms with E-state index in [4.69, 9.17) is 0 Å². The molecule has 60 valence electrons. The lowest BCUT2D eigenvalue weighted by Gasteiger charge is -2.01. The standard InChI is InChI=1S/C8H13N3/c1-4-10-11(6-1)7-5-9-8-2-3-8/h1,4,6,8-9H,2-3,5,7H2. The Kier molecular flexibility index (Phi) is 1.90. The third-order valence-corrected chi connectivity index (χ3v) is 1.91. The van der Waals surface area contributed by atoms with Gasteiger partial charge in [0.25, 0.3) is 0 Å². The lowest BCUT2D eigenvalue weighted by atomic mass is 10.6. The molecule has 0 amide bonds. The van der Waals surface area contributed by atoms with Gasteiger partial charge in [0.05, 0.1) is 6.54 Å². The molecule has 1 aliphatic rings. The monoisotopic (exact) mass is 151 g/mol. The van der Waals surface area contributed by atoms with Crippen molar-refractivity contribution in [3.05, 3.63) is 18.5 Å². The molecule has 0 saturated heterocycles. The SMILES string of the molecule is c1cnn(CCNC2CC2)c1. The van der Waals surface area contributed by atoms with Crippen LogP contribution in [-0.4, -0.2) is 22.4 Å². The molecule has 1 N–H and O–H groups in total. The number of hydrogen-bond acceptors (Lipinski definition) is 2. The van der Waals surface area contributed by atoms with Gasteiger partial charge in [-0.3, -0.25) is 4.68 Å². The van der Waals surface area contributed by atoms with Gasteiger partial charge in [-0.05, 0) is 18.9 Å². The molecular formula is C8H13N3. The third-order valence-electron chi connectivity index (χ3n) is 1.91. The lowest BCUT2D eigenvalue weighted by molar-refractivity contribution is 0.553. The first-order chi connectivity index (χ1) is 5.45. The highest BCUT2D eigenvalue weighted by Gasteiger charge is 2.19. The van der Waals surface area contributed by atoms with Crippen LogP contribution in [0.4, 0.5) is 0 Å². The maximum Gasteiger partial charge on any atom is 0.0534 e. The van der Waals surface area contributed by atoms with Gasteiger partial charge in [-0.1, -0.05) is 0 Å². The molecule has 0 spiro atoms. The smallest absolute Gasteiger partial charge is 0.0534 e. The first-order valence-electron chi connectivity index (χ1n) is 4.16. The maximum absolute atomic E-state index is 4.11. The van der Waals surface area contributed by atoms with E-state index in [1.165, 1.54) is 12.8 Å². The maximum atomic E-state index is 4.11. The van der Waals surface area contributed by atoms with Crippen LogP contribution in [0, 0.1) is 0 Å².